The second kappa shape index (κ2) is 12.7. The van der Waals surface area contributed by atoms with E-state index in [1.54, 1.807) is 18.3 Å². The number of hydrogen-bond acceptors (Lipinski definition) is 7. The third kappa shape index (κ3) is 7.54. The van der Waals surface area contributed by atoms with Crippen LogP contribution in [0.1, 0.15) is 18.1 Å². The van der Waals surface area contributed by atoms with E-state index >= 15 is 0 Å². The normalized spacial score (nSPS) is 14.2. The molecule has 0 saturated carbocycles. The number of para-hydroxylation sites is 1. The van der Waals surface area contributed by atoms with Gasteiger partial charge in [0.05, 0.1) is 12.6 Å². The molecule has 1 heterocycles. The average molecular weight is 526 g/mol. The number of aromatic hydroxyl groups is 1. The largest absolute Gasteiger partial charge is 0.508 e. The van der Waals surface area contributed by atoms with Gasteiger partial charge in [-0.2, -0.15) is 0 Å². The molecule has 0 aliphatic rings. The molecular weight excluding hydrogens is 494 g/mol. The number of benzene rings is 2. The fraction of sp³-hybridized carbons (Fsp3) is 0.308. The zero-order valence-electron chi connectivity index (χ0n) is 20.7. The summed E-state index contributed by atoms with van der Waals surface area (Å²) in [5.41, 5.74) is 7.67. The number of carboxylic acid groups (broad SMARTS) is 1. The summed E-state index contributed by atoms with van der Waals surface area (Å²) in [5.74, 6) is -3.44. The van der Waals surface area contributed by atoms with Gasteiger partial charge in [-0.3, -0.25) is 14.4 Å². The summed E-state index contributed by atoms with van der Waals surface area (Å²) in [7, 11) is 0. The number of H-pyrrole nitrogens is 1. The summed E-state index contributed by atoms with van der Waals surface area (Å²) in [6.45, 7) is 0.829. The molecule has 0 fully saturated rings. The minimum absolute atomic E-state index is 0.0210. The van der Waals surface area contributed by atoms with Crippen molar-refractivity contribution in [1.29, 1.82) is 0 Å². The molecule has 3 amide bonds. The quantitative estimate of drug-likeness (QED) is 0.155. The van der Waals surface area contributed by atoms with Gasteiger partial charge in [0, 0.05) is 29.9 Å². The zero-order chi connectivity index (χ0) is 27.8. The fourth-order valence-corrected chi connectivity index (χ4v) is 3.82. The Kier molecular flexibility index (Phi) is 9.41. The molecule has 2 aromatic carbocycles. The molecule has 3 aromatic rings. The van der Waals surface area contributed by atoms with E-state index in [9.17, 15) is 34.5 Å². The first-order chi connectivity index (χ1) is 18.0. The first-order valence-electron chi connectivity index (χ1n) is 11.9. The van der Waals surface area contributed by atoms with E-state index in [0.717, 1.165) is 10.9 Å². The van der Waals surface area contributed by atoms with E-state index in [0.29, 0.717) is 11.1 Å². The third-order valence-electron chi connectivity index (χ3n) is 5.99. The minimum Gasteiger partial charge on any atom is -0.508 e. The summed E-state index contributed by atoms with van der Waals surface area (Å²) in [5, 5.41) is 36.8. The van der Waals surface area contributed by atoms with Crippen LogP contribution in [0.25, 0.3) is 10.9 Å². The van der Waals surface area contributed by atoms with Crippen molar-refractivity contribution in [2.45, 2.75) is 44.0 Å². The summed E-state index contributed by atoms with van der Waals surface area (Å²) < 4.78 is 0. The van der Waals surface area contributed by atoms with Gasteiger partial charge in [-0.05, 0) is 36.2 Å². The molecule has 12 heteroatoms. The molecule has 1 aromatic heterocycles. The summed E-state index contributed by atoms with van der Waals surface area (Å²) in [6.07, 6.45) is 0.558. The highest BCUT2D eigenvalue weighted by Crippen LogP contribution is 2.19. The van der Waals surface area contributed by atoms with Crippen molar-refractivity contribution in [3.8, 4) is 5.75 Å². The molecule has 3 rings (SSSR count). The first-order valence-corrected chi connectivity index (χ1v) is 11.9. The highest BCUT2D eigenvalue weighted by molar-refractivity contribution is 5.93. The van der Waals surface area contributed by atoms with E-state index in [-0.39, 0.29) is 18.6 Å². The molecule has 9 N–H and O–H groups in total. The van der Waals surface area contributed by atoms with E-state index in [4.69, 9.17) is 5.73 Å². The molecule has 202 valence electrons. The molecule has 0 saturated heterocycles. The van der Waals surface area contributed by atoms with Crippen LogP contribution in [-0.4, -0.2) is 74.8 Å². The predicted octanol–water partition coefficient (Wildman–Crippen LogP) is -0.463. The Morgan fingerprint density at radius 3 is 2.29 bits per heavy atom. The van der Waals surface area contributed by atoms with Gasteiger partial charge in [0.1, 0.15) is 23.9 Å². The van der Waals surface area contributed by atoms with Crippen molar-refractivity contribution >= 4 is 34.6 Å². The van der Waals surface area contributed by atoms with Crippen LogP contribution in [0.5, 0.6) is 5.75 Å². The number of phenols is 1. The van der Waals surface area contributed by atoms with Crippen LogP contribution < -0.4 is 21.7 Å². The second-order valence-corrected chi connectivity index (χ2v) is 8.94. The van der Waals surface area contributed by atoms with Crippen LogP contribution in [0.3, 0.4) is 0 Å². The lowest BCUT2D eigenvalue weighted by atomic mass is 10.0. The number of aromatic amines is 1. The number of carboxylic acids is 1. The van der Waals surface area contributed by atoms with Crippen LogP contribution >= 0.6 is 0 Å². The number of fused-ring (bicyclic) bond motifs is 1. The molecule has 4 unspecified atom stereocenters. The molecule has 0 bridgehead atoms. The van der Waals surface area contributed by atoms with Crippen molar-refractivity contribution < 1.29 is 34.5 Å². The van der Waals surface area contributed by atoms with Crippen molar-refractivity contribution in [3.63, 3.8) is 0 Å². The van der Waals surface area contributed by atoms with Crippen LogP contribution in [0.15, 0.2) is 54.7 Å². The van der Waals surface area contributed by atoms with Crippen molar-refractivity contribution in [1.82, 2.24) is 20.9 Å². The summed E-state index contributed by atoms with van der Waals surface area (Å²) >= 11 is 0. The van der Waals surface area contributed by atoms with Gasteiger partial charge in [0.2, 0.25) is 17.7 Å². The van der Waals surface area contributed by atoms with Crippen molar-refractivity contribution in [2.75, 3.05) is 6.54 Å². The lowest BCUT2D eigenvalue weighted by Gasteiger charge is -2.22. The van der Waals surface area contributed by atoms with Gasteiger partial charge >= 0.3 is 5.97 Å². The number of amides is 3. The van der Waals surface area contributed by atoms with Gasteiger partial charge in [-0.25, -0.2) is 4.79 Å². The Labute approximate surface area is 218 Å². The van der Waals surface area contributed by atoms with Gasteiger partial charge in [-0.1, -0.05) is 30.3 Å². The predicted molar refractivity (Wildman–Crippen MR) is 138 cm³/mol. The molecule has 38 heavy (non-hydrogen) atoms. The van der Waals surface area contributed by atoms with Gasteiger partial charge in [-0.15, -0.1) is 0 Å². The molecule has 12 nitrogen and oxygen atoms in total. The van der Waals surface area contributed by atoms with Gasteiger partial charge in [0.15, 0.2) is 0 Å². The van der Waals surface area contributed by atoms with Gasteiger partial charge < -0.3 is 42.0 Å². The maximum atomic E-state index is 13.3. The highest BCUT2D eigenvalue weighted by Gasteiger charge is 2.28. The Bertz CT molecular complexity index is 1290. The highest BCUT2D eigenvalue weighted by atomic mass is 16.4. The number of nitrogens with two attached hydrogens (primary N) is 1. The van der Waals surface area contributed by atoms with Crippen molar-refractivity contribution in [3.05, 3.63) is 65.9 Å². The number of hydrogen-bond donors (Lipinski definition) is 8. The maximum absolute atomic E-state index is 13.3. The number of aliphatic hydroxyl groups excluding tert-OH is 1. The minimum atomic E-state index is -1.31. The number of aliphatic carboxylic acids is 1. The summed E-state index contributed by atoms with van der Waals surface area (Å²) in [4.78, 5) is 52.9. The van der Waals surface area contributed by atoms with Crippen LogP contribution in [0.2, 0.25) is 0 Å². The number of phenolic OH excluding ortho intramolecular Hbond substituents is 1. The summed E-state index contributed by atoms with van der Waals surface area (Å²) in [6, 6.07) is 9.57. The number of aliphatic hydroxyl groups is 1. The number of carbonyl (C=O) groups excluding carboxylic acids is 3. The molecule has 0 aliphatic carbocycles. The third-order valence-corrected chi connectivity index (χ3v) is 5.99. The Morgan fingerprint density at radius 2 is 1.63 bits per heavy atom. The molecule has 0 aliphatic heterocycles. The van der Waals surface area contributed by atoms with E-state index in [1.807, 2.05) is 24.3 Å². The van der Waals surface area contributed by atoms with E-state index < -0.39 is 54.5 Å². The number of rotatable bonds is 12. The number of carbonyl (C=O) groups is 4. The lowest BCUT2D eigenvalue weighted by Crippen LogP contribution is -2.55. The molecule has 4 atom stereocenters. The monoisotopic (exact) mass is 525 g/mol. The lowest BCUT2D eigenvalue weighted by molar-refractivity contribution is -0.142. The van der Waals surface area contributed by atoms with Crippen LogP contribution in [0.4, 0.5) is 0 Å². The molecule has 0 radical (unpaired) electrons. The smallest absolute Gasteiger partial charge is 0.326 e. The first kappa shape index (κ1) is 28.2. The Hall–Kier alpha value is -4.42. The topological polar surface area (TPSA) is 207 Å². The van der Waals surface area contributed by atoms with E-state index in [1.165, 1.54) is 19.1 Å². The standard InChI is InChI=1S/C26H31N5O7/c1-14(32)23(27)25(36)29-13-22(34)30-20(11-16-12-28-19-5-3-2-4-18(16)19)24(35)31-21(26(37)38)10-15-6-8-17(33)9-7-15/h2-9,12,14,20-21,23,28,32-33H,10-11,13,27H2,1H3,(H,29,36)(H,30,34)(H,31,35)(H,37,38). The maximum Gasteiger partial charge on any atom is 0.326 e. The number of aromatic nitrogens is 1. The fourth-order valence-electron chi connectivity index (χ4n) is 3.82. The number of nitrogens with one attached hydrogen (secondary N) is 4. The zero-order valence-corrected chi connectivity index (χ0v) is 20.7. The molecule has 0 spiro atoms. The Balaban J connectivity index is 1.76. The second-order valence-electron chi connectivity index (χ2n) is 8.94. The van der Waals surface area contributed by atoms with Gasteiger partial charge in [0.25, 0.3) is 0 Å². The van der Waals surface area contributed by atoms with Crippen molar-refractivity contribution in [2.24, 2.45) is 5.73 Å². The van der Waals surface area contributed by atoms with Crippen LogP contribution in [0, 0.1) is 0 Å². The molecular formula is C26H31N5O7. The SMILES string of the molecule is CC(O)C(N)C(=O)NCC(=O)NC(Cc1c[nH]c2ccccc12)C(=O)NC(Cc1ccc(O)cc1)C(=O)O. The average Bonchev–Trinajstić information content (AvgIpc) is 3.29. The van der Waals surface area contributed by atoms with E-state index in [2.05, 4.69) is 20.9 Å². The Morgan fingerprint density at radius 1 is 0.947 bits per heavy atom. The van der Waals surface area contributed by atoms with Crippen LogP contribution in [-0.2, 0) is 32.0 Å².